The van der Waals surface area contributed by atoms with Gasteiger partial charge in [0.1, 0.15) is 6.07 Å². The van der Waals surface area contributed by atoms with E-state index in [1.165, 1.54) is 0 Å². The molecular formula is C3H3Cl2NO4S2. The minimum absolute atomic E-state index is 0.609. The third-order valence-corrected chi connectivity index (χ3v) is 6.89. The molecule has 0 rings (SSSR count). The van der Waals surface area contributed by atoms with Crippen molar-refractivity contribution in [1.82, 2.24) is 0 Å². The highest BCUT2D eigenvalue weighted by atomic mass is 35.7. The van der Waals surface area contributed by atoms with Crippen molar-refractivity contribution in [2.75, 3.05) is 0 Å². The van der Waals surface area contributed by atoms with E-state index in [1.807, 2.05) is 0 Å². The number of hydrogen-bond donors (Lipinski definition) is 0. The molecule has 70 valence electrons. The highest BCUT2D eigenvalue weighted by molar-refractivity contribution is 8.30. The summed E-state index contributed by atoms with van der Waals surface area (Å²) in [7, 11) is 0.261. The van der Waals surface area contributed by atoms with E-state index in [1.54, 1.807) is 0 Å². The average molecular weight is 252 g/mol. The number of halogens is 2. The summed E-state index contributed by atoms with van der Waals surface area (Å²) in [6.07, 6.45) is 0. The van der Waals surface area contributed by atoms with Crippen molar-refractivity contribution in [2.24, 2.45) is 0 Å². The van der Waals surface area contributed by atoms with Crippen LogP contribution in [-0.4, -0.2) is 20.9 Å². The molecule has 0 fully saturated rings. The molecule has 0 bridgehead atoms. The van der Waals surface area contributed by atoms with E-state index >= 15 is 0 Å². The van der Waals surface area contributed by atoms with Crippen molar-refractivity contribution in [3.8, 4) is 6.07 Å². The molecule has 0 aromatic carbocycles. The first-order valence-corrected chi connectivity index (χ1v) is 6.98. The van der Waals surface area contributed by atoms with Gasteiger partial charge in [-0.2, -0.15) is 5.26 Å². The second-order valence-electron chi connectivity index (χ2n) is 1.93. The highest BCUT2D eigenvalue weighted by Gasteiger charge is 2.50. The lowest BCUT2D eigenvalue weighted by Gasteiger charge is -2.12. The first kappa shape index (κ1) is 12.0. The Kier molecular flexibility index (Phi) is 3.02. The second-order valence-corrected chi connectivity index (χ2v) is 8.01. The van der Waals surface area contributed by atoms with Crippen LogP contribution in [0.5, 0.6) is 0 Å². The zero-order valence-electron chi connectivity index (χ0n) is 5.65. The molecule has 9 heteroatoms. The first-order chi connectivity index (χ1) is 5.06. The van der Waals surface area contributed by atoms with Gasteiger partial charge in [0.25, 0.3) is 22.2 Å². The minimum Gasteiger partial charge on any atom is -0.209 e. The maximum Gasteiger partial charge on any atom is 0.283 e. The van der Waals surface area contributed by atoms with Crippen LogP contribution in [-0.2, 0) is 18.1 Å². The maximum absolute atomic E-state index is 10.6. The molecule has 12 heavy (non-hydrogen) atoms. The lowest BCUT2D eigenvalue weighted by Crippen LogP contribution is -2.36. The first-order valence-electron chi connectivity index (χ1n) is 2.36. The molecular weight excluding hydrogens is 249 g/mol. The minimum atomic E-state index is -4.58. The van der Waals surface area contributed by atoms with Gasteiger partial charge in [0.05, 0.1) is 0 Å². The molecule has 0 amide bonds. The van der Waals surface area contributed by atoms with Crippen LogP contribution in [0, 0.1) is 11.3 Å². The van der Waals surface area contributed by atoms with Gasteiger partial charge in [-0.25, -0.2) is 16.8 Å². The molecule has 0 unspecified atom stereocenters. The summed E-state index contributed by atoms with van der Waals surface area (Å²) >= 11 is 0. The van der Waals surface area contributed by atoms with Crippen LogP contribution in [0.2, 0.25) is 0 Å². The molecule has 0 N–H and O–H groups in total. The van der Waals surface area contributed by atoms with Crippen LogP contribution in [0.15, 0.2) is 0 Å². The SMILES string of the molecule is CC(C#N)(S(=O)(=O)Cl)S(=O)(=O)Cl. The molecule has 0 aliphatic rings. The van der Waals surface area contributed by atoms with E-state index in [0.717, 1.165) is 6.07 Å². The van der Waals surface area contributed by atoms with Gasteiger partial charge in [-0.3, -0.25) is 0 Å². The zero-order valence-corrected chi connectivity index (χ0v) is 8.80. The summed E-state index contributed by atoms with van der Waals surface area (Å²) in [5.41, 5.74) is 0. The van der Waals surface area contributed by atoms with E-state index in [-0.39, 0.29) is 0 Å². The largest absolute Gasteiger partial charge is 0.283 e. The van der Waals surface area contributed by atoms with E-state index < -0.39 is 22.2 Å². The Morgan fingerprint density at radius 2 is 1.42 bits per heavy atom. The maximum atomic E-state index is 10.6. The molecule has 0 saturated carbocycles. The van der Waals surface area contributed by atoms with Gasteiger partial charge in [-0.15, -0.1) is 0 Å². The number of hydrogen-bond acceptors (Lipinski definition) is 5. The Hall–Kier alpha value is -0.0300. The lowest BCUT2D eigenvalue weighted by molar-refractivity contribution is 0.582. The zero-order chi connectivity index (χ0) is 10.2. The van der Waals surface area contributed by atoms with Crippen LogP contribution in [0.4, 0.5) is 0 Å². The summed E-state index contributed by atoms with van der Waals surface area (Å²) in [5.74, 6) is 0. The summed E-state index contributed by atoms with van der Waals surface area (Å²) in [6.45, 7) is 0.609. The third kappa shape index (κ3) is 1.82. The smallest absolute Gasteiger partial charge is 0.209 e. The van der Waals surface area contributed by atoms with E-state index in [9.17, 15) is 16.8 Å². The quantitative estimate of drug-likeness (QED) is 0.661. The molecule has 0 aliphatic carbocycles. The van der Waals surface area contributed by atoms with Crippen LogP contribution >= 0.6 is 21.4 Å². The number of nitrogens with zero attached hydrogens (tertiary/aromatic N) is 1. The number of rotatable bonds is 2. The molecule has 0 heterocycles. The van der Waals surface area contributed by atoms with Crippen LogP contribution in [0.3, 0.4) is 0 Å². The molecule has 0 spiro atoms. The van der Waals surface area contributed by atoms with Gasteiger partial charge in [0, 0.05) is 21.4 Å². The molecule has 0 radical (unpaired) electrons. The van der Waals surface area contributed by atoms with Crippen molar-refractivity contribution in [2.45, 2.75) is 11.0 Å². The Bertz CT molecular complexity index is 384. The Morgan fingerprint density at radius 3 is 1.42 bits per heavy atom. The molecule has 5 nitrogen and oxygen atoms in total. The topological polar surface area (TPSA) is 92.1 Å². The van der Waals surface area contributed by atoms with Crippen LogP contribution < -0.4 is 0 Å². The van der Waals surface area contributed by atoms with Crippen molar-refractivity contribution in [3.63, 3.8) is 0 Å². The fraction of sp³-hybridized carbons (Fsp3) is 0.667. The van der Waals surface area contributed by atoms with Gasteiger partial charge in [-0.05, 0) is 6.92 Å². The van der Waals surface area contributed by atoms with Crippen molar-refractivity contribution in [3.05, 3.63) is 0 Å². The van der Waals surface area contributed by atoms with E-state index in [2.05, 4.69) is 0 Å². The van der Waals surface area contributed by atoms with Gasteiger partial charge in [-0.1, -0.05) is 0 Å². The predicted molar refractivity (Wildman–Crippen MR) is 43.6 cm³/mol. The summed E-state index contributed by atoms with van der Waals surface area (Å²) < 4.78 is 39.6. The third-order valence-electron chi connectivity index (χ3n) is 1.13. The van der Waals surface area contributed by atoms with Crippen molar-refractivity contribution in [1.29, 1.82) is 5.26 Å². The molecule has 0 saturated heterocycles. The average Bonchev–Trinajstić information content (AvgIpc) is 1.81. The van der Waals surface area contributed by atoms with Crippen molar-refractivity contribution < 1.29 is 16.8 Å². The standard InChI is InChI=1S/C3H3Cl2NO4S2/c1-3(2-6,11(4,7)8)12(5,9)10/h1H3. The predicted octanol–water partition coefficient (Wildman–Crippen LogP) is 0.363. The Labute approximate surface area is 78.7 Å². The fourth-order valence-corrected chi connectivity index (χ4v) is 3.39. The van der Waals surface area contributed by atoms with E-state index in [0.29, 0.717) is 6.92 Å². The Balaban J connectivity index is 5.81. The molecule has 0 aromatic rings. The van der Waals surface area contributed by atoms with Gasteiger partial charge < -0.3 is 0 Å². The van der Waals surface area contributed by atoms with Gasteiger partial charge in [0.2, 0.25) is 0 Å². The number of nitriles is 1. The summed E-state index contributed by atoms with van der Waals surface area (Å²) in [4.78, 5) is 0. The van der Waals surface area contributed by atoms with Crippen LogP contribution in [0.1, 0.15) is 6.92 Å². The van der Waals surface area contributed by atoms with Crippen LogP contribution in [0.25, 0.3) is 0 Å². The molecule has 0 aromatic heterocycles. The van der Waals surface area contributed by atoms with Crippen molar-refractivity contribution >= 4 is 39.5 Å². The fourth-order valence-electron chi connectivity index (χ4n) is 0.228. The normalized spacial score (nSPS) is 13.8. The molecule has 0 atom stereocenters. The van der Waals surface area contributed by atoms with E-state index in [4.69, 9.17) is 26.6 Å². The summed E-state index contributed by atoms with van der Waals surface area (Å²) in [6, 6.07) is 1.02. The van der Waals surface area contributed by atoms with Gasteiger partial charge in [0.15, 0.2) is 0 Å². The molecule has 0 aliphatic heterocycles. The second kappa shape index (κ2) is 3.03. The monoisotopic (exact) mass is 251 g/mol. The lowest BCUT2D eigenvalue weighted by atomic mass is 10.5. The highest BCUT2D eigenvalue weighted by Crippen LogP contribution is 2.29. The van der Waals surface area contributed by atoms with Gasteiger partial charge >= 0.3 is 0 Å². The summed E-state index contributed by atoms with van der Waals surface area (Å²) in [5, 5.41) is 8.28. The Morgan fingerprint density at radius 1 is 1.17 bits per heavy atom.